The van der Waals surface area contributed by atoms with Crippen LogP contribution in [0.5, 0.6) is 5.75 Å². The fraction of sp³-hybridized carbons (Fsp3) is 0.259. The molecule has 1 atom stereocenters. The maximum atomic E-state index is 13.2. The van der Waals surface area contributed by atoms with Gasteiger partial charge in [-0.3, -0.25) is 4.79 Å². The van der Waals surface area contributed by atoms with E-state index in [4.69, 9.17) is 14.6 Å². The maximum absolute atomic E-state index is 13.2. The standard InChI is InChI=1S/C27H28N2O5/c1-20(27(31)32)34-24-10-2-6-21(18-24)7-4-12-29-13-5-11-25(29)26(30)22-8-3-9-23(19-22)28-14-16-33-17-15-28/h2-11,13,18-20H,12,14-17H2,1H3,(H,31,32)/t20-/m0/s1. The average Bonchev–Trinajstić information content (AvgIpc) is 3.33. The number of ether oxygens (including phenoxy) is 2. The van der Waals surface area contributed by atoms with E-state index in [1.165, 1.54) is 6.92 Å². The smallest absolute Gasteiger partial charge is 0.344 e. The lowest BCUT2D eigenvalue weighted by Gasteiger charge is -2.29. The monoisotopic (exact) mass is 460 g/mol. The number of allylic oxidation sites excluding steroid dienone is 1. The molecule has 1 saturated heterocycles. The van der Waals surface area contributed by atoms with E-state index in [2.05, 4.69) is 4.90 Å². The van der Waals surface area contributed by atoms with Crippen molar-refractivity contribution in [3.63, 3.8) is 0 Å². The number of aromatic nitrogens is 1. The molecular weight excluding hydrogens is 432 g/mol. The third-order valence-corrected chi connectivity index (χ3v) is 5.68. The summed E-state index contributed by atoms with van der Waals surface area (Å²) in [4.78, 5) is 26.5. The van der Waals surface area contributed by atoms with Gasteiger partial charge in [0.15, 0.2) is 6.10 Å². The second kappa shape index (κ2) is 10.9. The Bertz CT molecular complexity index is 1180. The molecule has 1 aliphatic rings. The van der Waals surface area contributed by atoms with Crippen molar-refractivity contribution in [1.82, 2.24) is 4.57 Å². The van der Waals surface area contributed by atoms with Gasteiger partial charge in [0, 0.05) is 37.1 Å². The van der Waals surface area contributed by atoms with Crippen LogP contribution in [0.15, 0.2) is 72.9 Å². The van der Waals surface area contributed by atoms with Gasteiger partial charge in [0.2, 0.25) is 5.78 Å². The van der Waals surface area contributed by atoms with Crippen LogP contribution in [0, 0.1) is 0 Å². The highest BCUT2D eigenvalue weighted by Crippen LogP contribution is 2.21. The second-order valence-corrected chi connectivity index (χ2v) is 8.10. The molecule has 7 heteroatoms. The van der Waals surface area contributed by atoms with Gasteiger partial charge in [-0.2, -0.15) is 0 Å². The minimum atomic E-state index is -1.01. The van der Waals surface area contributed by atoms with Crippen molar-refractivity contribution in [2.45, 2.75) is 19.6 Å². The Morgan fingerprint density at radius 3 is 2.68 bits per heavy atom. The zero-order valence-corrected chi connectivity index (χ0v) is 19.1. The number of nitrogens with zero attached hydrogens (tertiary/aromatic N) is 2. The normalized spacial score (nSPS) is 14.8. The molecule has 1 aromatic heterocycles. The quantitative estimate of drug-likeness (QED) is 0.484. The number of carbonyl (C=O) groups is 2. The van der Waals surface area contributed by atoms with E-state index in [0.29, 0.717) is 36.8 Å². The number of rotatable bonds is 9. The molecule has 1 N–H and O–H groups in total. The van der Waals surface area contributed by atoms with Crippen LogP contribution in [0.1, 0.15) is 28.5 Å². The predicted octanol–water partition coefficient (Wildman–Crippen LogP) is 4.12. The number of benzene rings is 2. The summed E-state index contributed by atoms with van der Waals surface area (Å²) in [6, 6.07) is 18.7. The van der Waals surface area contributed by atoms with E-state index < -0.39 is 12.1 Å². The summed E-state index contributed by atoms with van der Waals surface area (Å²) in [6.07, 6.45) is 4.85. The van der Waals surface area contributed by atoms with Crippen molar-refractivity contribution < 1.29 is 24.2 Å². The summed E-state index contributed by atoms with van der Waals surface area (Å²) in [5.74, 6) is -0.540. The fourth-order valence-electron chi connectivity index (χ4n) is 3.84. The molecular formula is C27H28N2O5. The largest absolute Gasteiger partial charge is 0.479 e. The molecule has 0 bridgehead atoms. The number of hydrogen-bond acceptors (Lipinski definition) is 5. The van der Waals surface area contributed by atoms with Crippen LogP contribution in [-0.4, -0.2) is 53.8 Å². The number of carboxylic acids is 1. The van der Waals surface area contributed by atoms with Crippen LogP contribution in [0.2, 0.25) is 0 Å². The average molecular weight is 461 g/mol. The number of aliphatic carboxylic acids is 1. The molecule has 1 aliphatic heterocycles. The van der Waals surface area contributed by atoms with E-state index >= 15 is 0 Å². The number of ketones is 1. The predicted molar refractivity (Wildman–Crippen MR) is 131 cm³/mol. The summed E-state index contributed by atoms with van der Waals surface area (Å²) >= 11 is 0. The topological polar surface area (TPSA) is 81.0 Å². The highest BCUT2D eigenvalue weighted by atomic mass is 16.5. The van der Waals surface area contributed by atoms with Crippen LogP contribution >= 0.6 is 0 Å². The molecule has 176 valence electrons. The zero-order valence-electron chi connectivity index (χ0n) is 19.1. The molecule has 3 aromatic rings. The van der Waals surface area contributed by atoms with Crippen LogP contribution in [0.3, 0.4) is 0 Å². The number of hydrogen-bond donors (Lipinski definition) is 1. The van der Waals surface area contributed by atoms with Crippen LogP contribution in [-0.2, 0) is 16.1 Å². The third-order valence-electron chi connectivity index (χ3n) is 5.68. The lowest BCUT2D eigenvalue weighted by molar-refractivity contribution is -0.144. The first kappa shape index (κ1) is 23.3. The van der Waals surface area contributed by atoms with Gasteiger partial charge in [-0.1, -0.05) is 36.4 Å². The van der Waals surface area contributed by atoms with Crippen LogP contribution < -0.4 is 9.64 Å². The van der Waals surface area contributed by atoms with Crippen molar-refractivity contribution in [2.75, 3.05) is 31.2 Å². The van der Waals surface area contributed by atoms with Crippen molar-refractivity contribution >= 4 is 23.5 Å². The Morgan fingerprint density at radius 1 is 1.09 bits per heavy atom. The second-order valence-electron chi connectivity index (χ2n) is 8.10. The van der Waals surface area contributed by atoms with Crippen molar-refractivity contribution in [3.05, 3.63) is 89.8 Å². The van der Waals surface area contributed by atoms with Crippen LogP contribution in [0.25, 0.3) is 6.08 Å². The summed E-state index contributed by atoms with van der Waals surface area (Å²) < 4.78 is 12.8. The van der Waals surface area contributed by atoms with E-state index in [1.807, 2.05) is 71.4 Å². The number of carbonyl (C=O) groups excluding carboxylic acids is 1. The third kappa shape index (κ3) is 5.74. The zero-order chi connectivity index (χ0) is 23.9. The highest BCUT2D eigenvalue weighted by molar-refractivity contribution is 6.08. The van der Waals surface area contributed by atoms with Gasteiger partial charge >= 0.3 is 5.97 Å². The van der Waals surface area contributed by atoms with Crippen LogP contribution in [0.4, 0.5) is 5.69 Å². The molecule has 34 heavy (non-hydrogen) atoms. The summed E-state index contributed by atoms with van der Waals surface area (Å²) in [5, 5.41) is 9.02. The van der Waals surface area contributed by atoms with Gasteiger partial charge in [-0.25, -0.2) is 4.79 Å². The van der Waals surface area contributed by atoms with E-state index in [9.17, 15) is 9.59 Å². The Labute approximate surface area is 198 Å². The molecule has 1 fully saturated rings. The van der Waals surface area contributed by atoms with Gasteiger partial charge in [0.25, 0.3) is 0 Å². The van der Waals surface area contributed by atoms with Gasteiger partial charge in [-0.15, -0.1) is 0 Å². The molecule has 0 saturated carbocycles. The molecule has 0 radical (unpaired) electrons. The lowest BCUT2D eigenvalue weighted by Crippen LogP contribution is -2.36. The SMILES string of the molecule is C[C@H](Oc1cccc(C=CCn2cccc2C(=O)c2cccc(N3CCOCC3)c2)c1)C(=O)O. The van der Waals surface area contributed by atoms with Gasteiger partial charge < -0.3 is 24.0 Å². The van der Waals surface area contributed by atoms with E-state index in [1.54, 1.807) is 12.1 Å². The molecule has 4 rings (SSSR count). The van der Waals surface area contributed by atoms with E-state index in [0.717, 1.165) is 24.3 Å². The van der Waals surface area contributed by atoms with Crippen molar-refractivity contribution in [2.24, 2.45) is 0 Å². The molecule has 0 spiro atoms. The Balaban J connectivity index is 1.44. The van der Waals surface area contributed by atoms with Crippen molar-refractivity contribution in [3.8, 4) is 5.75 Å². The minimum absolute atomic E-state index is 0.0217. The molecule has 2 heterocycles. The molecule has 2 aromatic carbocycles. The van der Waals surface area contributed by atoms with Gasteiger partial charge in [-0.05, 0) is 48.9 Å². The first-order chi connectivity index (χ1) is 16.5. The minimum Gasteiger partial charge on any atom is -0.479 e. The number of carboxylic acid groups (broad SMARTS) is 1. The summed E-state index contributed by atoms with van der Waals surface area (Å²) in [6.45, 7) is 5.04. The molecule has 0 aliphatic carbocycles. The number of morpholine rings is 1. The summed E-state index contributed by atoms with van der Waals surface area (Å²) in [7, 11) is 0. The Hall–Kier alpha value is -3.84. The Morgan fingerprint density at radius 2 is 1.88 bits per heavy atom. The Kier molecular flexibility index (Phi) is 7.44. The first-order valence-corrected chi connectivity index (χ1v) is 11.3. The molecule has 0 amide bonds. The lowest BCUT2D eigenvalue weighted by atomic mass is 10.1. The highest BCUT2D eigenvalue weighted by Gasteiger charge is 2.16. The van der Waals surface area contributed by atoms with Gasteiger partial charge in [0.1, 0.15) is 5.75 Å². The summed E-state index contributed by atoms with van der Waals surface area (Å²) in [5.41, 5.74) is 3.20. The molecule has 0 unspecified atom stereocenters. The van der Waals surface area contributed by atoms with Gasteiger partial charge in [0.05, 0.1) is 18.9 Å². The molecule has 7 nitrogen and oxygen atoms in total. The van der Waals surface area contributed by atoms with Crippen molar-refractivity contribution in [1.29, 1.82) is 0 Å². The maximum Gasteiger partial charge on any atom is 0.344 e. The number of anilines is 1. The first-order valence-electron chi connectivity index (χ1n) is 11.3. The van der Waals surface area contributed by atoms with E-state index in [-0.39, 0.29) is 5.78 Å². The fourth-order valence-corrected chi connectivity index (χ4v) is 3.84.